The Bertz CT molecular complexity index is 659. The number of imidazole rings is 1. The molecule has 0 amide bonds. The smallest absolute Gasteiger partial charge is 0.139 e. The fourth-order valence-corrected chi connectivity index (χ4v) is 2.32. The Balaban J connectivity index is 1.84. The quantitative estimate of drug-likeness (QED) is 0.785. The van der Waals surface area contributed by atoms with E-state index in [9.17, 15) is 0 Å². The second-order valence-corrected chi connectivity index (χ2v) is 4.79. The van der Waals surface area contributed by atoms with Gasteiger partial charge >= 0.3 is 0 Å². The summed E-state index contributed by atoms with van der Waals surface area (Å²) in [6.45, 7) is 0.717. The molecule has 3 aromatic rings. The van der Waals surface area contributed by atoms with Gasteiger partial charge in [-0.1, -0.05) is 60.7 Å². The maximum Gasteiger partial charge on any atom is 0.139 e. The zero-order valence-electron chi connectivity index (χ0n) is 11.2. The summed E-state index contributed by atoms with van der Waals surface area (Å²) in [7, 11) is 0. The van der Waals surface area contributed by atoms with Crippen LogP contribution in [0.3, 0.4) is 0 Å². The maximum absolute atomic E-state index is 6.28. The van der Waals surface area contributed by atoms with E-state index in [4.69, 9.17) is 5.73 Å². The molecule has 1 unspecified atom stereocenters. The molecule has 3 nitrogen and oxygen atoms in total. The molecule has 0 radical (unpaired) electrons. The molecule has 3 rings (SSSR count). The molecule has 0 aliphatic carbocycles. The average Bonchev–Trinajstić information content (AvgIpc) is 2.97. The summed E-state index contributed by atoms with van der Waals surface area (Å²) in [5, 5.41) is 0. The summed E-state index contributed by atoms with van der Waals surface area (Å²) in [5.74, 6) is 0.956. The molecular weight excluding hydrogens is 246 g/mol. The molecule has 0 fully saturated rings. The molecule has 100 valence electrons. The Kier molecular flexibility index (Phi) is 3.61. The number of benzene rings is 2. The van der Waals surface area contributed by atoms with Gasteiger partial charge in [-0.15, -0.1) is 0 Å². The van der Waals surface area contributed by atoms with E-state index >= 15 is 0 Å². The van der Waals surface area contributed by atoms with Gasteiger partial charge in [0.15, 0.2) is 0 Å². The van der Waals surface area contributed by atoms with E-state index in [0.717, 1.165) is 17.0 Å². The second kappa shape index (κ2) is 5.72. The van der Waals surface area contributed by atoms with Crippen LogP contribution in [0.1, 0.15) is 11.6 Å². The van der Waals surface area contributed by atoms with Crippen molar-refractivity contribution in [3.63, 3.8) is 0 Å². The van der Waals surface area contributed by atoms with Crippen LogP contribution < -0.4 is 5.73 Å². The van der Waals surface area contributed by atoms with Gasteiger partial charge in [-0.2, -0.15) is 0 Å². The van der Waals surface area contributed by atoms with Crippen LogP contribution in [0.25, 0.3) is 11.4 Å². The Morgan fingerprint density at radius 2 is 1.60 bits per heavy atom. The summed E-state index contributed by atoms with van der Waals surface area (Å²) in [5.41, 5.74) is 8.53. The van der Waals surface area contributed by atoms with E-state index in [0.29, 0.717) is 6.54 Å². The number of nitrogens with two attached hydrogens (primary N) is 1. The minimum Gasteiger partial charge on any atom is -0.329 e. The summed E-state index contributed by atoms with van der Waals surface area (Å²) in [6.07, 6.45) is 3.80. The third-order valence-electron chi connectivity index (χ3n) is 3.37. The number of rotatable bonds is 4. The monoisotopic (exact) mass is 263 g/mol. The van der Waals surface area contributed by atoms with Gasteiger partial charge in [-0.25, -0.2) is 4.98 Å². The molecule has 1 heterocycles. The Hall–Kier alpha value is -2.39. The number of aromatic nitrogens is 2. The average molecular weight is 263 g/mol. The summed E-state index contributed by atoms with van der Waals surface area (Å²) in [6, 6.07) is 20.3. The molecule has 0 saturated carbocycles. The standard InChI is InChI=1S/C17H17N3/c18-16(14-7-3-1-4-8-14)13-20-12-11-19-17(20)15-9-5-2-6-10-15/h1-12,16H,13,18H2. The predicted molar refractivity (Wildman–Crippen MR) is 81.0 cm³/mol. The first-order chi connectivity index (χ1) is 9.84. The lowest BCUT2D eigenvalue weighted by Crippen LogP contribution is -2.17. The van der Waals surface area contributed by atoms with Crippen molar-refractivity contribution >= 4 is 0 Å². The largest absolute Gasteiger partial charge is 0.329 e. The highest BCUT2D eigenvalue weighted by Gasteiger charge is 2.10. The van der Waals surface area contributed by atoms with Crippen molar-refractivity contribution in [2.75, 3.05) is 0 Å². The molecule has 20 heavy (non-hydrogen) atoms. The van der Waals surface area contributed by atoms with Crippen LogP contribution in [0.15, 0.2) is 73.1 Å². The Morgan fingerprint density at radius 3 is 2.30 bits per heavy atom. The molecule has 1 atom stereocenters. The van der Waals surface area contributed by atoms with Crippen LogP contribution in [0, 0.1) is 0 Å². The van der Waals surface area contributed by atoms with Crippen LogP contribution in [-0.4, -0.2) is 9.55 Å². The van der Waals surface area contributed by atoms with Crippen molar-refractivity contribution in [2.45, 2.75) is 12.6 Å². The third-order valence-corrected chi connectivity index (χ3v) is 3.37. The molecule has 0 spiro atoms. The normalized spacial score (nSPS) is 12.2. The number of hydrogen-bond donors (Lipinski definition) is 1. The van der Waals surface area contributed by atoms with Crippen molar-refractivity contribution in [1.29, 1.82) is 0 Å². The summed E-state index contributed by atoms with van der Waals surface area (Å²) >= 11 is 0. The highest BCUT2D eigenvalue weighted by Crippen LogP contribution is 2.19. The van der Waals surface area contributed by atoms with E-state index in [1.165, 1.54) is 0 Å². The van der Waals surface area contributed by atoms with Gasteiger partial charge in [-0.3, -0.25) is 0 Å². The van der Waals surface area contributed by atoms with E-state index < -0.39 is 0 Å². The topological polar surface area (TPSA) is 43.8 Å². The van der Waals surface area contributed by atoms with Crippen molar-refractivity contribution in [1.82, 2.24) is 9.55 Å². The number of nitrogens with zero attached hydrogens (tertiary/aromatic N) is 2. The SMILES string of the molecule is NC(Cn1ccnc1-c1ccccc1)c1ccccc1. The maximum atomic E-state index is 6.28. The molecule has 2 N–H and O–H groups in total. The van der Waals surface area contributed by atoms with Gasteiger partial charge in [0.05, 0.1) is 0 Å². The lowest BCUT2D eigenvalue weighted by molar-refractivity contribution is 0.581. The van der Waals surface area contributed by atoms with Crippen LogP contribution in [0.5, 0.6) is 0 Å². The predicted octanol–water partition coefficient (Wildman–Crippen LogP) is 3.25. The van der Waals surface area contributed by atoms with Crippen LogP contribution >= 0.6 is 0 Å². The first-order valence-electron chi connectivity index (χ1n) is 6.71. The van der Waals surface area contributed by atoms with E-state index in [2.05, 4.69) is 33.8 Å². The molecular formula is C17H17N3. The fourth-order valence-electron chi connectivity index (χ4n) is 2.32. The van der Waals surface area contributed by atoms with Gasteiger partial charge in [-0.05, 0) is 5.56 Å². The summed E-state index contributed by atoms with van der Waals surface area (Å²) < 4.78 is 2.10. The van der Waals surface area contributed by atoms with E-state index in [1.807, 2.05) is 48.8 Å². The van der Waals surface area contributed by atoms with Crippen molar-refractivity contribution in [3.05, 3.63) is 78.6 Å². The third kappa shape index (κ3) is 2.63. The van der Waals surface area contributed by atoms with Crippen LogP contribution in [0.4, 0.5) is 0 Å². The first-order valence-corrected chi connectivity index (χ1v) is 6.71. The van der Waals surface area contributed by atoms with Gasteiger partial charge < -0.3 is 10.3 Å². The molecule has 0 saturated heterocycles. The van der Waals surface area contributed by atoms with Crippen LogP contribution in [-0.2, 0) is 6.54 Å². The highest BCUT2D eigenvalue weighted by atomic mass is 15.1. The van der Waals surface area contributed by atoms with Crippen molar-refractivity contribution in [2.24, 2.45) is 5.73 Å². The lowest BCUT2D eigenvalue weighted by atomic mass is 10.1. The molecule has 0 bridgehead atoms. The first kappa shape index (κ1) is 12.6. The zero-order valence-corrected chi connectivity index (χ0v) is 11.2. The summed E-state index contributed by atoms with van der Waals surface area (Å²) in [4.78, 5) is 4.44. The Labute approximate surface area is 118 Å². The Morgan fingerprint density at radius 1 is 0.950 bits per heavy atom. The van der Waals surface area contributed by atoms with Gasteiger partial charge in [0.25, 0.3) is 0 Å². The van der Waals surface area contributed by atoms with Crippen LogP contribution in [0.2, 0.25) is 0 Å². The van der Waals surface area contributed by atoms with Gasteiger partial charge in [0.2, 0.25) is 0 Å². The lowest BCUT2D eigenvalue weighted by Gasteiger charge is -2.15. The van der Waals surface area contributed by atoms with E-state index in [1.54, 1.807) is 0 Å². The molecule has 1 aromatic heterocycles. The molecule has 0 aliphatic heterocycles. The molecule has 0 aliphatic rings. The van der Waals surface area contributed by atoms with Crippen molar-refractivity contribution < 1.29 is 0 Å². The zero-order chi connectivity index (χ0) is 13.8. The van der Waals surface area contributed by atoms with Gasteiger partial charge in [0.1, 0.15) is 5.82 Å². The minimum absolute atomic E-state index is 0.0344. The molecule has 3 heteroatoms. The highest BCUT2D eigenvalue weighted by molar-refractivity contribution is 5.55. The fraction of sp³-hybridized carbons (Fsp3) is 0.118. The second-order valence-electron chi connectivity index (χ2n) is 4.79. The minimum atomic E-state index is -0.0344. The van der Waals surface area contributed by atoms with E-state index in [-0.39, 0.29) is 6.04 Å². The molecule has 2 aromatic carbocycles. The van der Waals surface area contributed by atoms with Crippen molar-refractivity contribution in [3.8, 4) is 11.4 Å². The number of hydrogen-bond acceptors (Lipinski definition) is 2. The van der Waals surface area contributed by atoms with Gasteiger partial charge in [0, 0.05) is 30.5 Å².